The van der Waals surface area contributed by atoms with E-state index in [1.54, 1.807) is 12.2 Å². The Bertz CT molecular complexity index is 245. The van der Waals surface area contributed by atoms with Gasteiger partial charge < -0.3 is 5.11 Å². The lowest BCUT2D eigenvalue weighted by atomic mass is 9.74. The van der Waals surface area contributed by atoms with E-state index in [0.717, 1.165) is 12.8 Å². The van der Waals surface area contributed by atoms with Gasteiger partial charge in [0, 0.05) is 12.3 Å². The van der Waals surface area contributed by atoms with Gasteiger partial charge in [-0.05, 0) is 25.7 Å². The molecule has 2 nitrogen and oxygen atoms in total. The van der Waals surface area contributed by atoms with E-state index >= 15 is 0 Å². The van der Waals surface area contributed by atoms with Crippen LogP contribution in [0.5, 0.6) is 0 Å². The van der Waals surface area contributed by atoms with Gasteiger partial charge in [-0.15, -0.1) is 13.2 Å². The van der Waals surface area contributed by atoms with Crippen molar-refractivity contribution in [2.75, 3.05) is 0 Å². The van der Waals surface area contributed by atoms with Crippen LogP contribution in [-0.4, -0.2) is 16.5 Å². The van der Waals surface area contributed by atoms with Gasteiger partial charge in [0.15, 0.2) is 5.78 Å². The van der Waals surface area contributed by atoms with Gasteiger partial charge in [-0.1, -0.05) is 12.2 Å². The standard InChI is InChI=1S/C12H18O2/c1-3-6-10-7-5-9-12(14,8-4-2)11(10)13/h3-4,10,14H,1-2,5-9H2/t10-,12-/m1/s1. The molecule has 0 radical (unpaired) electrons. The molecule has 1 aliphatic carbocycles. The van der Waals surface area contributed by atoms with Gasteiger partial charge in [-0.3, -0.25) is 4.79 Å². The zero-order valence-corrected chi connectivity index (χ0v) is 8.54. The van der Waals surface area contributed by atoms with Crippen molar-refractivity contribution in [3.63, 3.8) is 0 Å². The number of carbonyl (C=O) groups is 1. The molecule has 1 fully saturated rings. The molecule has 0 saturated heterocycles. The number of ketones is 1. The van der Waals surface area contributed by atoms with Crippen LogP contribution in [-0.2, 0) is 4.79 Å². The Morgan fingerprint density at radius 3 is 2.79 bits per heavy atom. The third kappa shape index (κ3) is 2.13. The first-order valence-corrected chi connectivity index (χ1v) is 5.12. The minimum atomic E-state index is -1.15. The maximum absolute atomic E-state index is 11.9. The highest BCUT2D eigenvalue weighted by atomic mass is 16.3. The second-order valence-corrected chi connectivity index (χ2v) is 4.00. The molecule has 78 valence electrons. The van der Waals surface area contributed by atoms with Crippen molar-refractivity contribution < 1.29 is 9.90 Å². The fraction of sp³-hybridized carbons (Fsp3) is 0.583. The number of carbonyl (C=O) groups excluding carboxylic acids is 1. The molecule has 0 aromatic carbocycles. The van der Waals surface area contributed by atoms with Gasteiger partial charge in [0.1, 0.15) is 5.60 Å². The van der Waals surface area contributed by atoms with Gasteiger partial charge in [0.2, 0.25) is 0 Å². The topological polar surface area (TPSA) is 37.3 Å². The van der Waals surface area contributed by atoms with E-state index in [1.807, 2.05) is 0 Å². The molecule has 1 saturated carbocycles. The van der Waals surface area contributed by atoms with Gasteiger partial charge in [0.05, 0.1) is 0 Å². The van der Waals surface area contributed by atoms with Crippen molar-refractivity contribution in [3.8, 4) is 0 Å². The minimum absolute atomic E-state index is 0.0245. The first kappa shape index (κ1) is 11.2. The second kappa shape index (κ2) is 4.56. The molecule has 0 bridgehead atoms. The fourth-order valence-electron chi connectivity index (χ4n) is 2.14. The van der Waals surface area contributed by atoms with Crippen LogP contribution in [0.15, 0.2) is 25.3 Å². The summed E-state index contributed by atoms with van der Waals surface area (Å²) in [4.78, 5) is 11.9. The SMILES string of the molecule is C=CC[C@@H]1CCC[C@](O)(CC=C)C1=O. The van der Waals surface area contributed by atoms with Crippen LogP contribution in [0.2, 0.25) is 0 Å². The normalized spacial score (nSPS) is 32.6. The minimum Gasteiger partial charge on any atom is -0.382 e. The maximum atomic E-state index is 11.9. The lowest BCUT2D eigenvalue weighted by Crippen LogP contribution is -2.45. The number of Topliss-reactive ketones (excluding diaryl/α,β-unsaturated/α-hetero) is 1. The monoisotopic (exact) mass is 194 g/mol. The summed E-state index contributed by atoms with van der Waals surface area (Å²) in [5.74, 6) is -0.0604. The van der Waals surface area contributed by atoms with Crippen molar-refractivity contribution in [1.29, 1.82) is 0 Å². The Morgan fingerprint density at radius 1 is 1.50 bits per heavy atom. The molecule has 0 aromatic rings. The van der Waals surface area contributed by atoms with Gasteiger partial charge in [-0.2, -0.15) is 0 Å². The molecule has 0 aromatic heterocycles. The highest BCUT2D eigenvalue weighted by molar-refractivity contribution is 5.90. The van der Waals surface area contributed by atoms with Gasteiger partial charge >= 0.3 is 0 Å². The molecule has 0 amide bonds. The largest absolute Gasteiger partial charge is 0.382 e. The number of aliphatic hydroxyl groups is 1. The summed E-state index contributed by atoms with van der Waals surface area (Å²) in [7, 11) is 0. The molecule has 0 aliphatic heterocycles. The van der Waals surface area contributed by atoms with E-state index in [4.69, 9.17) is 0 Å². The summed E-state index contributed by atoms with van der Waals surface area (Å²) in [6.45, 7) is 7.20. The predicted octanol–water partition coefficient (Wildman–Crippen LogP) is 2.24. The second-order valence-electron chi connectivity index (χ2n) is 4.00. The van der Waals surface area contributed by atoms with Crippen molar-refractivity contribution in [1.82, 2.24) is 0 Å². The van der Waals surface area contributed by atoms with Gasteiger partial charge in [0.25, 0.3) is 0 Å². The molecule has 2 atom stereocenters. The third-order valence-corrected chi connectivity index (χ3v) is 2.91. The molecule has 0 unspecified atom stereocenters. The van der Waals surface area contributed by atoms with E-state index in [2.05, 4.69) is 13.2 Å². The molecule has 1 rings (SSSR count). The molecule has 2 heteroatoms. The van der Waals surface area contributed by atoms with E-state index in [1.165, 1.54) is 0 Å². The van der Waals surface area contributed by atoms with Crippen molar-refractivity contribution >= 4 is 5.78 Å². The molecule has 0 spiro atoms. The van der Waals surface area contributed by atoms with E-state index in [0.29, 0.717) is 19.3 Å². The quantitative estimate of drug-likeness (QED) is 0.697. The number of hydrogen-bond acceptors (Lipinski definition) is 2. The number of hydrogen-bond donors (Lipinski definition) is 1. The fourth-order valence-corrected chi connectivity index (χ4v) is 2.14. The van der Waals surface area contributed by atoms with Crippen molar-refractivity contribution in [2.45, 2.75) is 37.7 Å². The molecule has 1 N–H and O–H groups in total. The summed E-state index contributed by atoms with van der Waals surface area (Å²) >= 11 is 0. The zero-order chi connectivity index (χ0) is 10.6. The average Bonchev–Trinajstić information content (AvgIpc) is 2.14. The lowest BCUT2D eigenvalue weighted by Gasteiger charge is -2.34. The molecule has 1 aliphatic rings. The first-order chi connectivity index (χ1) is 6.64. The Hall–Kier alpha value is -0.890. The zero-order valence-electron chi connectivity index (χ0n) is 8.54. The van der Waals surface area contributed by atoms with E-state index in [9.17, 15) is 9.90 Å². The summed E-state index contributed by atoms with van der Waals surface area (Å²) < 4.78 is 0. The van der Waals surface area contributed by atoms with Crippen LogP contribution in [0, 0.1) is 5.92 Å². The molecule has 14 heavy (non-hydrogen) atoms. The third-order valence-electron chi connectivity index (χ3n) is 2.91. The van der Waals surface area contributed by atoms with E-state index in [-0.39, 0.29) is 11.7 Å². The lowest BCUT2D eigenvalue weighted by molar-refractivity contribution is -0.145. The number of allylic oxidation sites excluding steroid dienone is 1. The highest BCUT2D eigenvalue weighted by Crippen LogP contribution is 2.33. The van der Waals surface area contributed by atoms with Crippen LogP contribution in [0.25, 0.3) is 0 Å². The Balaban J connectivity index is 2.73. The van der Waals surface area contributed by atoms with E-state index < -0.39 is 5.60 Å². The van der Waals surface area contributed by atoms with Crippen LogP contribution in [0.1, 0.15) is 32.1 Å². The Kier molecular flexibility index (Phi) is 3.64. The Labute approximate surface area is 85.3 Å². The number of rotatable bonds is 4. The molecular weight excluding hydrogens is 176 g/mol. The van der Waals surface area contributed by atoms with Crippen LogP contribution in [0.4, 0.5) is 0 Å². The smallest absolute Gasteiger partial charge is 0.168 e. The summed E-state index contributed by atoms with van der Waals surface area (Å²) in [5.41, 5.74) is -1.15. The maximum Gasteiger partial charge on any atom is 0.168 e. The summed E-state index contributed by atoms with van der Waals surface area (Å²) in [5, 5.41) is 10.1. The molecule has 0 heterocycles. The van der Waals surface area contributed by atoms with Gasteiger partial charge in [-0.25, -0.2) is 0 Å². The predicted molar refractivity (Wildman–Crippen MR) is 56.9 cm³/mol. The van der Waals surface area contributed by atoms with Crippen LogP contribution < -0.4 is 0 Å². The highest BCUT2D eigenvalue weighted by Gasteiger charge is 2.41. The summed E-state index contributed by atoms with van der Waals surface area (Å²) in [6.07, 6.45) is 6.79. The van der Waals surface area contributed by atoms with Crippen LogP contribution >= 0.6 is 0 Å². The average molecular weight is 194 g/mol. The van der Waals surface area contributed by atoms with Crippen molar-refractivity contribution in [2.24, 2.45) is 5.92 Å². The Morgan fingerprint density at radius 2 is 2.21 bits per heavy atom. The first-order valence-electron chi connectivity index (χ1n) is 5.12. The summed E-state index contributed by atoms with van der Waals surface area (Å²) in [6, 6.07) is 0. The van der Waals surface area contributed by atoms with Crippen LogP contribution in [0.3, 0.4) is 0 Å². The molecular formula is C12H18O2. The van der Waals surface area contributed by atoms with Crippen molar-refractivity contribution in [3.05, 3.63) is 25.3 Å².